The van der Waals surface area contributed by atoms with E-state index in [4.69, 9.17) is 0 Å². The Kier molecular flexibility index (Phi) is 4.57. The summed E-state index contributed by atoms with van der Waals surface area (Å²) in [5.74, 6) is 1.13. The average molecular weight is 236 g/mol. The van der Waals surface area contributed by atoms with E-state index in [1.54, 1.807) is 0 Å². The smallest absolute Gasteiger partial charge is 0.122 e. The van der Waals surface area contributed by atoms with Gasteiger partial charge in [-0.15, -0.1) is 0 Å². The standard InChI is InChI=1S/C13H24N4/c1-3-17-8-4-5-12(6-9-17)15-11-13-14-7-10-16(13)2/h7,10,12,15H,3-6,8-9,11H2,1-2H3. The van der Waals surface area contributed by atoms with Crippen LogP contribution in [0.3, 0.4) is 0 Å². The summed E-state index contributed by atoms with van der Waals surface area (Å²) < 4.78 is 2.09. The number of nitrogens with one attached hydrogen (secondary N) is 1. The van der Waals surface area contributed by atoms with Crippen molar-refractivity contribution in [2.45, 2.75) is 38.8 Å². The molecule has 2 heterocycles. The maximum Gasteiger partial charge on any atom is 0.122 e. The van der Waals surface area contributed by atoms with E-state index in [-0.39, 0.29) is 0 Å². The highest BCUT2D eigenvalue weighted by molar-refractivity contribution is 4.91. The molecule has 96 valence electrons. The number of nitrogens with zero attached hydrogens (tertiary/aromatic N) is 3. The maximum atomic E-state index is 4.34. The van der Waals surface area contributed by atoms with E-state index in [0.29, 0.717) is 6.04 Å². The average Bonchev–Trinajstić information content (AvgIpc) is 2.63. The molecule has 0 bridgehead atoms. The van der Waals surface area contributed by atoms with Gasteiger partial charge in [-0.3, -0.25) is 0 Å². The zero-order chi connectivity index (χ0) is 12.1. The lowest BCUT2D eigenvalue weighted by molar-refractivity contribution is 0.297. The minimum Gasteiger partial charge on any atom is -0.337 e. The summed E-state index contributed by atoms with van der Waals surface area (Å²) in [5.41, 5.74) is 0. The molecule has 1 aliphatic rings. The van der Waals surface area contributed by atoms with Gasteiger partial charge >= 0.3 is 0 Å². The Bertz CT molecular complexity index is 334. The second kappa shape index (κ2) is 6.17. The van der Waals surface area contributed by atoms with Crippen molar-refractivity contribution in [3.05, 3.63) is 18.2 Å². The second-order valence-electron chi connectivity index (χ2n) is 4.90. The number of imidazole rings is 1. The quantitative estimate of drug-likeness (QED) is 0.857. The molecule has 2 rings (SSSR count). The Labute approximate surface area is 104 Å². The van der Waals surface area contributed by atoms with Crippen LogP contribution in [0, 0.1) is 0 Å². The highest BCUT2D eigenvalue weighted by atomic mass is 15.1. The molecule has 4 nitrogen and oxygen atoms in total. The van der Waals surface area contributed by atoms with Crippen molar-refractivity contribution in [1.29, 1.82) is 0 Å². The Balaban J connectivity index is 1.78. The third-order valence-electron chi connectivity index (χ3n) is 3.74. The van der Waals surface area contributed by atoms with Crippen molar-refractivity contribution in [2.75, 3.05) is 19.6 Å². The van der Waals surface area contributed by atoms with Crippen LogP contribution in [0.4, 0.5) is 0 Å². The number of aryl methyl sites for hydroxylation is 1. The zero-order valence-corrected chi connectivity index (χ0v) is 11.0. The molecule has 1 N–H and O–H groups in total. The summed E-state index contributed by atoms with van der Waals surface area (Å²) in [5, 5.41) is 3.64. The summed E-state index contributed by atoms with van der Waals surface area (Å²) in [6.07, 6.45) is 7.73. The minimum atomic E-state index is 0.656. The second-order valence-corrected chi connectivity index (χ2v) is 4.90. The molecule has 0 amide bonds. The first kappa shape index (κ1) is 12.6. The first-order valence-corrected chi connectivity index (χ1v) is 6.71. The topological polar surface area (TPSA) is 33.1 Å². The zero-order valence-electron chi connectivity index (χ0n) is 11.0. The molecule has 0 aromatic carbocycles. The fraction of sp³-hybridized carbons (Fsp3) is 0.769. The van der Waals surface area contributed by atoms with Gasteiger partial charge in [0.05, 0.1) is 6.54 Å². The van der Waals surface area contributed by atoms with Gasteiger partial charge in [0.1, 0.15) is 5.82 Å². The first-order valence-electron chi connectivity index (χ1n) is 6.71. The van der Waals surface area contributed by atoms with Gasteiger partial charge in [0, 0.05) is 25.5 Å². The third kappa shape index (κ3) is 3.54. The molecule has 1 fully saturated rings. The van der Waals surface area contributed by atoms with E-state index in [2.05, 4.69) is 33.7 Å². The molecular formula is C13H24N4. The lowest BCUT2D eigenvalue weighted by Gasteiger charge is -2.18. The Morgan fingerprint density at radius 1 is 1.41 bits per heavy atom. The summed E-state index contributed by atoms with van der Waals surface area (Å²) in [6, 6.07) is 0.656. The molecule has 0 aliphatic carbocycles. The normalized spacial score (nSPS) is 22.6. The molecule has 1 atom stereocenters. The predicted octanol–water partition coefficient (Wildman–Crippen LogP) is 1.38. The Morgan fingerprint density at radius 2 is 2.29 bits per heavy atom. The molecule has 1 aliphatic heterocycles. The highest BCUT2D eigenvalue weighted by Crippen LogP contribution is 2.11. The van der Waals surface area contributed by atoms with Crippen LogP contribution in [0.5, 0.6) is 0 Å². The van der Waals surface area contributed by atoms with Crippen molar-refractivity contribution in [3.8, 4) is 0 Å². The van der Waals surface area contributed by atoms with Crippen molar-refractivity contribution in [3.63, 3.8) is 0 Å². The van der Waals surface area contributed by atoms with Crippen LogP contribution < -0.4 is 5.32 Å². The van der Waals surface area contributed by atoms with Crippen molar-refractivity contribution < 1.29 is 0 Å². The number of rotatable bonds is 4. The fourth-order valence-corrected chi connectivity index (χ4v) is 2.48. The van der Waals surface area contributed by atoms with Crippen LogP contribution in [0.1, 0.15) is 32.0 Å². The van der Waals surface area contributed by atoms with Gasteiger partial charge in [-0.2, -0.15) is 0 Å². The summed E-state index contributed by atoms with van der Waals surface area (Å²) in [6.45, 7) is 6.82. The van der Waals surface area contributed by atoms with Gasteiger partial charge in [-0.1, -0.05) is 6.92 Å². The number of hydrogen-bond donors (Lipinski definition) is 1. The van der Waals surface area contributed by atoms with E-state index in [1.807, 2.05) is 12.4 Å². The van der Waals surface area contributed by atoms with Crippen molar-refractivity contribution in [2.24, 2.45) is 7.05 Å². The summed E-state index contributed by atoms with van der Waals surface area (Å²) >= 11 is 0. The molecule has 4 heteroatoms. The van der Waals surface area contributed by atoms with Crippen LogP contribution in [0.25, 0.3) is 0 Å². The molecule has 17 heavy (non-hydrogen) atoms. The number of aromatic nitrogens is 2. The van der Waals surface area contributed by atoms with Crippen LogP contribution in [-0.2, 0) is 13.6 Å². The lowest BCUT2D eigenvalue weighted by Crippen LogP contribution is -2.31. The Hall–Kier alpha value is -0.870. The monoisotopic (exact) mass is 236 g/mol. The van der Waals surface area contributed by atoms with E-state index >= 15 is 0 Å². The SMILES string of the molecule is CCN1CCCC(NCc2nccn2C)CC1. The fourth-order valence-electron chi connectivity index (χ4n) is 2.48. The molecule has 0 saturated carbocycles. The summed E-state index contributed by atoms with van der Waals surface area (Å²) in [4.78, 5) is 6.89. The van der Waals surface area contributed by atoms with E-state index in [9.17, 15) is 0 Å². The molecule has 0 spiro atoms. The third-order valence-corrected chi connectivity index (χ3v) is 3.74. The molecule has 1 unspecified atom stereocenters. The molecular weight excluding hydrogens is 212 g/mol. The highest BCUT2D eigenvalue weighted by Gasteiger charge is 2.15. The molecule has 1 aromatic rings. The first-order chi connectivity index (χ1) is 8.29. The molecule has 1 aromatic heterocycles. The van der Waals surface area contributed by atoms with Gasteiger partial charge in [0.15, 0.2) is 0 Å². The van der Waals surface area contributed by atoms with Crippen LogP contribution in [0.15, 0.2) is 12.4 Å². The van der Waals surface area contributed by atoms with Gasteiger partial charge in [0.2, 0.25) is 0 Å². The lowest BCUT2D eigenvalue weighted by atomic mass is 10.1. The predicted molar refractivity (Wildman–Crippen MR) is 69.8 cm³/mol. The van der Waals surface area contributed by atoms with Crippen LogP contribution in [0.2, 0.25) is 0 Å². The largest absolute Gasteiger partial charge is 0.337 e. The van der Waals surface area contributed by atoms with Gasteiger partial charge < -0.3 is 14.8 Å². The van der Waals surface area contributed by atoms with Crippen LogP contribution >= 0.6 is 0 Å². The van der Waals surface area contributed by atoms with E-state index in [1.165, 1.54) is 38.9 Å². The van der Waals surface area contributed by atoms with Crippen molar-refractivity contribution in [1.82, 2.24) is 19.8 Å². The summed E-state index contributed by atoms with van der Waals surface area (Å²) in [7, 11) is 2.05. The van der Waals surface area contributed by atoms with Gasteiger partial charge in [-0.25, -0.2) is 4.98 Å². The van der Waals surface area contributed by atoms with Gasteiger partial charge in [-0.05, 0) is 38.9 Å². The number of hydrogen-bond acceptors (Lipinski definition) is 3. The Morgan fingerprint density at radius 3 is 3.00 bits per heavy atom. The maximum absolute atomic E-state index is 4.34. The van der Waals surface area contributed by atoms with Gasteiger partial charge in [0.25, 0.3) is 0 Å². The van der Waals surface area contributed by atoms with E-state index in [0.717, 1.165) is 12.4 Å². The molecule has 0 radical (unpaired) electrons. The molecule has 1 saturated heterocycles. The minimum absolute atomic E-state index is 0.656. The number of likely N-dealkylation sites (tertiary alicyclic amines) is 1. The van der Waals surface area contributed by atoms with Crippen molar-refractivity contribution >= 4 is 0 Å². The van der Waals surface area contributed by atoms with E-state index < -0.39 is 0 Å². The van der Waals surface area contributed by atoms with Crippen LogP contribution in [-0.4, -0.2) is 40.1 Å².